The van der Waals surface area contributed by atoms with Crippen LogP contribution in [0.25, 0.3) is 10.4 Å². The number of aliphatic hydroxyl groups is 1. The average Bonchev–Trinajstić information content (AvgIpc) is 2.67. The molecule has 10 heteroatoms. The highest BCUT2D eigenvalue weighted by Crippen LogP contribution is 2.50. The first-order valence-electron chi connectivity index (χ1n) is 8.47. The molecule has 2 aromatic carbocycles. The van der Waals surface area contributed by atoms with E-state index in [-0.39, 0.29) is 24.7 Å². The zero-order chi connectivity index (χ0) is 19.9. The predicted octanol–water partition coefficient (Wildman–Crippen LogP) is 4.39. The molecule has 0 aromatic heterocycles. The third kappa shape index (κ3) is 3.11. The van der Waals surface area contributed by atoms with Gasteiger partial charge in [0.15, 0.2) is 11.5 Å². The van der Waals surface area contributed by atoms with Crippen LogP contribution < -0.4 is 9.64 Å². The molecule has 2 aromatic rings. The van der Waals surface area contributed by atoms with E-state index in [2.05, 4.69) is 10.0 Å². The summed E-state index contributed by atoms with van der Waals surface area (Å²) in [6.45, 7) is 0.0752. The minimum absolute atomic E-state index is 0.0309. The summed E-state index contributed by atoms with van der Waals surface area (Å²) in [5, 5.41) is 14.3. The number of hydrogen-bond acceptors (Lipinski definition) is 5. The molecule has 4 rings (SSSR count). The third-order valence-electron chi connectivity index (χ3n) is 4.79. The number of aliphatic hydroxyl groups excluding tert-OH is 1. The Labute approximate surface area is 157 Å². The molecule has 0 spiro atoms. The van der Waals surface area contributed by atoms with Crippen LogP contribution in [0.1, 0.15) is 5.56 Å². The third-order valence-corrected chi connectivity index (χ3v) is 4.79. The van der Waals surface area contributed by atoms with E-state index < -0.39 is 29.9 Å². The summed E-state index contributed by atoms with van der Waals surface area (Å²) in [6, 6.07) is 8.38. The van der Waals surface area contributed by atoms with Gasteiger partial charge in [-0.1, -0.05) is 17.2 Å². The van der Waals surface area contributed by atoms with Crippen molar-refractivity contribution in [1.29, 1.82) is 0 Å². The van der Waals surface area contributed by atoms with Gasteiger partial charge in [-0.25, -0.2) is 0 Å². The van der Waals surface area contributed by atoms with Crippen molar-refractivity contribution in [1.82, 2.24) is 0 Å². The fraction of sp³-hybridized carbons (Fsp3) is 0.333. The number of rotatable bonds is 2. The molecule has 0 amide bonds. The number of halogens is 3. The normalized spacial score (nSPS) is 23.9. The molecule has 7 nitrogen and oxygen atoms in total. The number of para-hydroxylation sites is 2. The van der Waals surface area contributed by atoms with Crippen molar-refractivity contribution in [3.8, 4) is 11.5 Å². The number of azide groups is 1. The maximum absolute atomic E-state index is 13.3. The Morgan fingerprint density at radius 1 is 1.11 bits per heavy atom. The Morgan fingerprint density at radius 2 is 1.86 bits per heavy atom. The first-order chi connectivity index (χ1) is 13.4. The van der Waals surface area contributed by atoms with Crippen molar-refractivity contribution in [2.45, 2.75) is 24.4 Å². The van der Waals surface area contributed by atoms with E-state index in [1.54, 1.807) is 29.2 Å². The second-order valence-electron chi connectivity index (χ2n) is 6.49. The van der Waals surface area contributed by atoms with Gasteiger partial charge < -0.3 is 19.5 Å². The second kappa shape index (κ2) is 6.90. The number of hydrogen-bond donors (Lipinski definition) is 1. The summed E-state index contributed by atoms with van der Waals surface area (Å²) < 4.78 is 51.1. The summed E-state index contributed by atoms with van der Waals surface area (Å²) in [5.41, 5.74) is 8.52. The minimum Gasteiger partial charge on any atom is -0.453 e. The molecular formula is C18H15F3N4O3. The van der Waals surface area contributed by atoms with Gasteiger partial charge in [0, 0.05) is 4.91 Å². The zero-order valence-electron chi connectivity index (χ0n) is 14.4. The highest BCUT2D eigenvalue weighted by molar-refractivity contribution is 5.79. The molecule has 0 aliphatic carbocycles. The average molecular weight is 392 g/mol. The number of benzene rings is 2. The standard InChI is InChI=1S/C18H15F3N4O3/c19-18(20,21)10-5-6-16-13(7-10)25(12-3-1-2-4-15(12)28-16)14-9-27-8-11(17(14)26)23-24-22/h1-7,11,14,17,26H,8-9H2/t11?,14-,17-/m0/s1. The summed E-state index contributed by atoms with van der Waals surface area (Å²) >= 11 is 0. The molecular weight excluding hydrogens is 377 g/mol. The summed E-state index contributed by atoms with van der Waals surface area (Å²) in [7, 11) is 0. The Kier molecular flexibility index (Phi) is 4.54. The minimum atomic E-state index is -4.53. The van der Waals surface area contributed by atoms with Crippen molar-refractivity contribution < 1.29 is 27.8 Å². The van der Waals surface area contributed by atoms with E-state index in [9.17, 15) is 18.3 Å². The van der Waals surface area contributed by atoms with Gasteiger partial charge in [0.1, 0.15) is 0 Å². The van der Waals surface area contributed by atoms with Gasteiger partial charge in [0.25, 0.3) is 0 Å². The number of nitrogens with zero attached hydrogens (tertiary/aromatic N) is 4. The lowest BCUT2D eigenvalue weighted by Crippen LogP contribution is -2.54. The molecule has 1 unspecified atom stereocenters. The quantitative estimate of drug-likeness (QED) is 0.466. The molecule has 2 aliphatic rings. The van der Waals surface area contributed by atoms with Crippen LogP contribution in [0.2, 0.25) is 0 Å². The summed E-state index contributed by atoms with van der Waals surface area (Å²) in [6.07, 6.45) is -5.68. The largest absolute Gasteiger partial charge is 0.453 e. The summed E-state index contributed by atoms with van der Waals surface area (Å²) in [4.78, 5) is 4.28. The zero-order valence-corrected chi connectivity index (χ0v) is 14.4. The Morgan fingerprint density at radius 3 is 2.61 bits per heavy atom. The van der Waals surface area contributed by atoms with Crippen molar-refractivity contribution in [2.75, 3.05) is 18.1 Å². The molecule has 1 saturated heterocycles. The van der Waals surface area contributed by atoms with Crippen molar-refractivity contribution in [3.63, 3.8) is 0 Å². The van der Waals surface area contributed by atoms with E-state index in [1.165, 1.54) is 6.07 Å². The van der Waals surface area contributed by atoms with Crippen molar-refractivity contribution >= 4 is 11.4 Å². The number of ether oxygens (including phenoxy) is 2. The van der Waals surface area contributed by atoms with E-state index in [1.807, 2.05) is 0 Å². The second-order valence-corrected chi connectivity index (χ2v) is 6.49. The van der Waals surface area contributed by atoms with Gasteiger partial charge in [-0.3, -0.25) is 0 Å². The molecule has 146 valence electrons. The molecule has 1 fully saturated rings. The lowest BCUT2D eigenvalue weighted by atomic mass is 9.97. The fourth-order valence-electron chi connectivity index (χ4n) is 3.47. The first-order valence-corrected chi connectivity index (χ1v) is 8.47. The van der Waals surface area contributed by atoms with Crippen LogP contribution >= 0.6 is 0 Å². The maximum Gasteiger partial charge on any atom is 0.416 e. The van der Waals surface area contributed by atoms with Gasteiger partial charge >= 0.3 is 6.18 Å². The highest BCUT2D eigenvalue weighted by Gasteiger charge is 2.41. The van der Waals surface area contributed by atoms with E-state index >= 15 is 0 Å². The van der Waals surface area contributed by atoms with Crippen LogP contribution in [-0.2, 0) is 10.9 Å². The van der Waals surface area contributed by atoms with Crippen LogP contribution in [-0.4, -0.2) is 36.5 Å². The van der Waals surface area contributed by atoms with Crippen LogP contribution in [0.4, 0.5) is 24.5 Å². The number of fused-ring (bicyclic) bond motifs is 2. The number of anilines is 2. The van der Waals surface area contributed by atoms with Crippen LogP contribution in [0.15, 0.2) is 47.6 Å². The lowest BCUT2D eigenvalue weighted by molar-refractivity contribution is -0.137. The van der Waals surface area contributed by atoms with Gasteiger partial charge in [0.2, 0.25) is 0 Å². The first kappa shape index (κ1) is 18.4. The van der Waals surface area contributed by atoms with Gasteiger partial charge in [-0.2, -0.15) is 13.2 Å². The smallest absolute Gasteiger partial charge is 0.416 e. The Bertz CT molecular complexity index is 946. The lowest BCUT2D eigenvalue weighted by Gasteiger charge is -2.43. The Balaban J connectivity index is 1.85. The van der Waals surface area contributed by atoms with E-state index in [4.69, 9.17) is 15.0 Å². The molecule has 28 heavy (non-hydrogen) atoms. The van der Waals surface area contributed by atoms with Gasteiger partial charge in [-0.05, 0) is 35.9 Å². The SMILES string of the molecule is [N-]=[N+]=NC1COC[C@H](N2c3ccccc3Oc3ccc(C(F)(F)F)cc32)[C@H]1O. The van der Waals surface area contributed by atoms with Gasteiger partial charge in [0.05, 0.1) is 48.3 Å². The topological polar surface area (TPSA) is 90.7 Å². The molecule has 0 saturated carbocycles. The maximum atomic E-state index is 13.3. The molecule has 2 aliphatic heterocycles. The number of alkyl halides is 3. The highest BCUT2D eigenvalue weighted by atomic mass is 19.4. The predicted molar refractivity (Wildman–Crippen MR) is 93.6 cm³/mol. The molecule has 0 bridgehead atoms. The van der Waals surface area contributed by atoms with Gasteiger partial charge in [-0.15, -0.1) is 0 Å². The van der Waals surface area contributed by atoms with Crippen LogP contribution in [0.3, 0.4) is 0 Å². The van der Waals surface area contributed by atoms with E-state index in [0.29, 0.717) is 11.4 Å². The molecule has 2 heterocycles. The molecule has 1 N–H and O–H groups in total. The van der Waals surface area contributed by atoms with Crippen LogP contribution in [0, 0.1) is 0 Å². The molecule has 0 radical (unpaired) electrons. The fourth-order valence-corrected chi connectivity index (χ4v) is 3.47. The van der Waals surface area contributed by atoms with Crippen molar-refractivity contribution in [3.05, 3.63) is 58.5 Å². The molecule has 3 atom stereocenters. The summed E-state index contributed by atoms with van der Waals surface area (Å²) in [5.74, 6) is 0.665. The van der Waals surface area contributed by atoms with E-state index in [0.717, 1.165) is 12.1 Å². The van der Waals surface area contributed by atoms with Crippen molar-refractivity contribution in [2.24, 2.45) is 5.11 Å². The monoisotopic (exact) mass is 392 g/mol. The van der Waals surface area contributed by atoms with Crippen LogP contribution in [0.5, 0.6) is 11.5 Å². The Hall–Kier alpha value is -2.94.